The van der Waals surface area contributed by atoms with Crippen LogP contribution >= 0.6 is 0 Å². The molecule has 1 aliphatic heterocycles. The summed E-state index contributed by atoms with van der Waals surface area (Å²) in [4.78, 5) is 14.4. The van der Waals surface area contributed by atoms with E-state index in [1.54, 1.807) is 18.2 Å². The molecule has 3 N–H and O–H groups in total. The zero-order valence-electron chi connectivity index (χ0n) is 14.7. The predicted octanol–water partition coefficient (Wildman–Crippen LogP) is 2.18. The van der Waals surface area contributed by atoms with Gasteiger partial charge in [0.2, 0.25) is 0 Å². The van der Waals surface area contributed by atoms with Crippen LogP contribution in [0, 0.1) is 6.92 Å². The summed E-state index contributed by atoms with van der Waals surface area (Å²) in [6.07, 6.45) is 5.39. The van der Waals surface area contributed by atoms with Crippen LogP contribution in [0.1, 0.15) is 30.9 Å². The van der Waals surface area contributed by atoms with Crippen LogP contribution in [0.4, 0.5) is 0 Å². The van der Waals surface area contributed by atoms with E-state index >= 15 is 0 Å². The predicted molar refractivity (Wildman–Crippen MR) is 95.7 cm³/mol. The number of carbonyl (C=O) groups is 1. The third-order valence-corrected chi connectivity index (χ3v) is 5.98. The van der Waals surface area contributed by atoms with Crippen molar-refractivity contribution in [3.8, 4) is 11.5 Å². The van der Waals surface area contributed by atoms with Crippen LogP contribution in [0.5, 0.6) is 11.5 Å². The van der Waals surface area contributed by atoms with Gasteiger partial charge in [-0.1, -0.05) is 12.1 Å². The zero-order valence-corrected chi connectivity index (χ0v) is 14.7. The molecule has 1 fully saturated rings. The SMILES string of the molecule is C=CCN1CCC2(c3c(C)ccc(O)c3O)CC(=O)C=CC2(O)C1C. The van der Waals surface area contributed by atoms with Crippen LogP contribution in [-0.2, 0) is 10.2 Å². The lowest BCUT2D eigenvalue weighted by Crippen LogP contribution is -2.68. The second-order valence-corrected chi connectivity index (χ2v) is 7.22. The standard InChI is InChI=1S/C20H25NO4/c1-4-10-21-11-9-19(17-13(2)5-6-16(23)18(17)24)12-15(22)7-8-20(19,25)14(21)3/h4-8,14,23-25H,1,9-12H2,2-3H3. The van der Waals surface area contributed by atoms with Gasteiger partial charge in [-0.05, 0) is 50.6 Å². The van der Waals surface area contributed by atoms with Crippen LogP contribution in [0.25, 0.3) is 0 Å². The molecule has 1 aromatic carbocycles. The fourth-order valence-corrected chi connectivity index (χ4v) is 4.63. The Hall–Kier alpha value is -2.11. The Morgan fingerprint density at radius 2 is 2.12 bits per heavy atom. The molecule has 3 rings (SSSR count). The maximum absolute atomic E-state index is 12.3. The lowest BCUT2D eigenvalue weighted by Gasteiger charge is -2.57. The highest BCUT2D eigenvalue weighted by molar-refractivity contribution is 5.93. The summed E-state index contributed by atoms with van der Waals surface area (Å²) in [5, 5.41) is 32.3. The van der Waals surface area contributed by atoms with Gasteiger partial charge in [-0.25, -0.2) is 0 Å². The number of carbonyl (C=O) groups excluding carboxylic acids is 1. The Bertz CT molecular complexity index is 756. The summed E-state index contributed by atoms with van der Waals surface area (Å²) in [5.74, 6) is -0.567. The number of aromatic hydroxyl groups is 2. The molecule has 1 aromatic rings. The largest absolute Gasteiger partial charge is 0.504 e. The molecule has 0 bridgehead atoms. The van der Waals surface area contributed by atoms with Crippen LogP contribution in [0.3, 0.4) is 0 Å². The minimum atomic E-state index is -1.34. The van der Waals surface area contributed by atoms with E-state index in [0.29, 0.717) is 25.1 Å². The number of benzene rings is 1. The number of piperidine rings is 1. The number of phenolic OH excluding ortho intramolecular Hbond substituents is 2. The van der Waals surface area contributed by atoms with Gasteiger partial charge in [0.15, 0.2) is 17.3 Å². The third-order valence-electron chi connectivity index (χ3n) is 5.98. The first-order chi connectivity index (χ1) is 11.8. The topological polar surface area (TPSA) is 81.0 Å². The molecule has 5 heteroatoms. The first-order valence-corrected chi connectivity index (χ1v) is 8.58. The molecule has 134 valence electrons. The van der Waals surface area contributed by atoms with Crippen molar-refractivity contribution in [1.82, 2.24) is 4.90 Å². The molecule has 0 aromatic heterocycles. The van der Waals surface area contributed by atoms with Gasteiger partial charge in [-0.15, -0.1) is 6.58 Å². The number of hydrogen-bond donors (Lipinski definition) is 3. The first kappa shape index (κ1) is 17.7. The molecule has 0 amide bonds. The summed E-state index contributed by atoms with van der Waals surface area (Å²) in [6.45, 7) is 8.81. The summed E-state index contributed by atoms with van der Waals surface area (Å²) >= 11 is 0. The van der Waals surface area contributed by atoms with Gasteiger partial charge in [-0.3, -0.25) is 9.69 Å². The molecule has 1 heterocycles. The molecule has 0 saturated carbocycles. The van der Waals surface area contributed by atoms with Crippen LogP contribution < -0.4 is 0 Å². The van der Waals surface area contributed by atoms with Crippen molar-refractivity contribution in [2.45, 2.75) is 43.7 Å². The number of phenols is 2. The van der Waals surface area contributed by atoms with Crippen molar-refractivity contribution in [3.05, 3.63) is 48.1 Å². The third kappa shape index (κ3) is 2.41. The summed E-state index contributed by atoms with van der Waals surface area (Å²) < 4.78 is 0. The number of ketones is 1. The fourth-order valence-electron chi connectivity index (χ4n) is 4.63. The van der Waals surface area contributed by atoms with Gasteiger partial charge >= 0.3 is 0 Å². The van der Waals surface area contributed by atoms with E-state index in [9.17, 15) is 20.1 Å². The number of allylic oxidation sites excluding steroid dienone is 1. The quantitative estimate of drug-likeness (QED) is 0.579. The molecular weight excluding hydrogens is 318 g/mol. The summed E-state index contributed by atoms with van der Waals surface area (Å²) in [6, 6.07) is 2.87. The fraction of sp³-hybridized carbons (Fsp3) is 0.450. The summed E-state index contributed by atoms with van der Waals surface area (Å²) in [7, 11) is 0. The Morgan fingerprint density at radius 1 is 1.40 bits per heavy atom. The number of aliphatic hydroxyl groups is 1. The van der Waals surface area contributed by atoms with Crippen molar-refractivity contribution < 1.29 is 20.1 Å². The molecule has 25 heavy (non-hydrogen) atoms. The number of nitrogens with zero attached hydrogens (tertiary/aromatic N) is 1. The van der Waals surface area contributed by atoms with E-state index in [0.717, 1.165) is 5.56 Å². The van der Waals surface area contributed by atoms with Gasteiger partial charge in [0.25, 0.3) is 0 Å². The smallest absolute Gasteiger partial charge is 0.161 e. The Kier molecular flexibility index (Phi) is 4.25. The van der Waals surface area contributed by atoms with E-state index in [4.69, 9.17) is 0 Å². The minimum absolute atomic E-state index is 0.0869. The van der Waals surface area contributed by atoms with Gasteiger partial charge in [0, 0.05) is 30.0 Å². The molecule has 0 radical (unpaired) electrons. The van der Waals surface area contributed by atoms with E-state index < -0.39 is 11.0 Å². The lowest BCUT2D eigenvalue weighted by molar-refractivity contribution is -0.132. The van der Waals surface area contributed by atoms with Crippen molar-refractivity contribution in [3.63, 3.8) is 0 Å². The number of likely N-dealkylation sites (tertiary alicyclic amines) is 1. The number of hydrogen-bond acceptors (Lipinski definition) is 5. The van der Waals surface area contributed by atoms with Crippen LogP contribution in [0.15, 0.2) is 36.9 Å². The average Bonchev–Trinajstić information content (AvgIpc) is 2.57. The van der Waals surface area contributed by atoms with E-state index in [1.165, 1.54) is 12.1 Å². The zero-order chi connectivity index (χ0) is 18.4. The monoisotopic (exact) mass is 343 g/mol. The van der Waals surface area contributed by atoms with Crippen LogP contribution in [-0.4, -0.2) is 50.7 Å². The molecular formula is C20H25NO4. The molecule has 3 atom stereocenters. The number of rotatable bonds is 3. The Morgan fingerprint density at radius 3 is 2.80 bits per heavy atom. The normalized spacial score (nSPS) is 32.4. The maximum Gasteiger partial charge on any atom is 0.161 e. The van der Waals surface area contributed by atoms with Gasteiger partial charge in [-0.2, -0.15) is 0 Å². The highest BCUT2D eigenvalue weighted by Gasteiger charge is 2.60. The highest BCUT2D eigenvalue weighted by atomic mass is 16.3. The average molecular weight is 343 g/mol. The van der Waals surface area contributed by atoms with Crippen LogP contribution in [0.2, 0.25) is 0 Å². The van der Waals surface area contributed by atoms with Gasteiger partial charge in [0.05, 0.1) is 0 Å². The Labute approximate surface area is 147 Å². The van der Waals surface area contributed by atoms with Gasteiger partial charge < -0.3 is 15.3 Å². The first-order valence-electron chi connectivity index (χ1n) is 8.58. The maximum atomic E-state index is 12.3. The second kappa shape index (κ2) is 6.00. The second-order valence-electron chi connectivity index (χ2n) is 7.22. The minimum Gasteiger partial charge on any atom is -0.504 e. The number of aryl methyl sites for hydroxylation is 1. The molecule has 1 aliphatic carbocycles. The highest BCUT2D eigenvalue weighted by Crippen LogP contribution is 2.55. The van der Waals surface area contributed by atoms with Crippen molar-refractivity contribution in [2.75, 3.05) is 13.1 Å². The van der Waals surface area contributed by atoms with Gasteiger partial charge in [0.1, 0.15) is 5.60 Å². The van der Waals surface area contributed by atoms with Crippen molar-refractivity contribution in [2.24, 2.45) is 0 Å². The van der Waals surface area contributed by atoms with E-state index in [2.05, 4.69) is 11.5 Å². The molecule has 5 nitrogen and oxygen atoms in total. The van der Waals surface area contributed by atoms with E-state index in [1.807, 2.05) is 13.8 Å². The molecule has 3 unspecified atom stereocenters. The molecule has 0 spiro atoms. The summed E-state index contributed by atoms with van der Waals surface area (Å²) in [5.41, 5.74) is -1.08. The van der Waals surface area contributed by atoms with E-state index in [-0.39, 0.29) is 29.7 Å². The van der Waals surface area contributed by atoms with Crippen molar-refractivity contribution >= 4 is 5.78 Å². The number of fused-ring (bicyclic) bond motifs is 1. The van der Waals surface area contributed by atoms with Crippen molar-refractivity contribution in [1.29, 1.82) is 0 Å². The molecule has 1 saturated heterocycles. The molecule has 2 aliphatic rings. The Balaban J connectivity index is 2.25. The lowest BCUT2D eigenvalue weighted by atomic mass is 9.55.